The number of esters is 1. The number of para-hydroxylation sites is 2. The van der Waals surface area contributed by atoms with Crippen LogP contribution in [0.5, 0.6) is 0 Å². The summed E-state index contributed by atoms with van der Waals surface area (Å²) in [7, 11) is -3.24. The monoisotopic (exact) mass is 554 g/mol. The van der Waals surface area contributed by atoms with E-state index in [4.69, 9.17) is 9.57 Å². The molecule has 0 unspecified atom stereocenters. The van der Waals surface area contributed by atoms with Crippen molar-refractivity contribution in [3.05, 3.63) is 120 Å². The maximum Gasteiger partial charge on any atom is 0.306 e. The maximum atomic E-state index is 13.8. The van der Waals surface area contributed by atoms with Crippen LogP contribution in [-0.2, 0) is 37.4 Å². The molecule has 4 aromatic carbocycles. The van der Waals surface area contributed by atoms with E-state index in [0.29, 0.717) is 32.7 Å². The molecule has 5 aromatic rings. The van der Waals surface area contributed by atoms with Gasteiger partial charge in [-0.25, -0.2) is 4.98 Å². The van der Waals surface area contributed by atoms with Crippen molar-refractivity contribution in [2.75, 3.05) is 7.11 Å². The van der Waals surface area contributed by atoms with Crippen molar-refractivity contribution in [2.45, 2.75) is 24.3 Å². The van der Waals surface area contributed by atoms with Gasteiger partial charge in [0, 0.05) is 17.2 Å². The summed E-state index contributed by atoms with van der Waals surface area (Å²) in [6.45, 7) is 0.194. The second-order valence-corrected chi connectivity index (χ2v) is 10.8. The van der Waals surface area contributed by atoms with Gasteiger partial charge in [-0.2, -0.15) is 8.42 Å². The lowest BCUT2D eigenvalue weighted by Gasteiger charge is -2.21. The van der Waals surface area contributed by atoms with E-state index in [1.54, 1.807) is 60.7 Å². The van der Waals surface area contributed by atoms with E-state index in [1.165, 1.54) is 12.1 Å². The third kappa shape index (κ3) is 5.56. The normalized spacial score (nSPS) is 11.4. The molecule has 0 N–H and O–H groups in total. The highest BCUT2D eigenvalue weighted by atomic mass is 32.2. The molecule has 0 atom stereocenters. The molecule has 5 rings (SSSR count). The first kappa shape index (κ1) is 27.0. The minimum atomic E-state index is -4.37. The minimum Gasteiger partial charge on any atom is -0.461 e. The Hall–Kier alpha value is -4.60. The van der Waals surface area contributed by atoms with Gasteiger partial charge in [0.15, 0.2) is 0 Å². The van der Waals surface area contributed by atoms with Gasteiger partial charge < -0.3 is 4.74 Å². The van der Waals surface area contributed by atoms with Crippen LogP contribution in [-0.4, -0.2) is 36.9 Å². The Morgan fingerprint density at radius 1 is 0.750 bits per heavy atom. The molecule has 9 heteroatoms. The van der Waals surface area contributed by atoms with Crippen molar-refractivity contribution >= 4 is 43.7 Å². The second kappa shape index (κ2) is 11.6. The Balaban J connectivity index is 1.34. The molecule has 0 saturated carbocycles. The fraction of sp³-hybridized carbons (Fsp3) is 0.129. The van der Waals surface area contributed by atoms with E-state index in [1.807, 2.05) is 30.3 Å². The molecule has 40 heavy (non-hydrogen) atoms. The summed E-state index contributed by atoms with van der Waals surface area (Å²) in [4.78, 5) is 35.6. The van der Waals surface area contributed by atoms with E-state index >= 15 is 0 Å². The van der Waals surface area contributed by atoms with Crippen LogP contribution in [0.4, 0.5) is 0 Å². The zero-order valence-corrected chi connectivity index (χ0v) is 22.5. The highest BCUT2D eigenvalue weighted by Crippen LogP contribution is 2.29. The van der Waals surface area contributed by atoms with Crippen molar-refractivity contribution < 1.29 is 27.6 Å². The molecule has 0 aliphatic rings. The topological polar surface area (TPSA) is 103 Å². The van der Waals surface area contributed by atoms with Gasteiger partial charge in [-0.15, -0.1) is 4.47 Å². The van der Waals surface area contributed by atoms with Gasteiger partial charge in [-0.05, 0) is 41.8 Å². The molecule has 202 valence electrons. The fourth-order valence-electron chi connectivity index (χ4n) is 4.43. The first-order chi connectivity index (χ1) is 19.4. The Morgan fingerprint density at radius 2 is 1.32 bits per heavy atom. The van der Waals surface area contributed by atoms with Crippen LogP contribution in [0.3, 0.4) is 0 Å². The van der Waals surface area contributed by atoms with Gasteiger partial charge in [0.25, 0.3) is 15.9 Å². The van der Waals surface area contributed by atoms with Gasteiger partial charge in [0.2, 0.25) is 0 Å². The highest BCUT2D eigenvalue weighted by molar-refractivity contribution is 7.89. The molecule has 0 aliphatic carbocycles. The van der Waals surface area contributed by atoms with E-state index < -0.39 is 15.9 Å². The van der Waals surface area contributed by atoms with E-state index in [2.05, 4.69) is 4.98 Å². The number of rotatable bonds is 9. The first-order valence-corrected chi connectivity index (χ1v) is 14.0. The van der Waals surface area contributed by atoms with Crippen molar-refractivity contribution in [3.63, 3.8) is 0 Å². The van der Waals surface area contributed by atoms with Crippen LogP contribution in [0.15, 0.2) is 108 Å². The lowest BCUT2D eigenvalue weighted by molar-refractivity contribution is -0.144. The van der Waals surface area contributed by atoms with Crippen molar-refractivity contribution in [1.82, 2.24) is 9.45 Å². The molecule has 1 heterocycles. The molecule has 1 aromatic heterocycles. The summed E-state index contributed by atoms with van der Waals surface area (Å²) in [6, 6.07) is 29.5. The summed E-state index contributed by atoms with van der Waals surface area (Å²) in [5.41, 5.74) is 2.94. The number of hydrogen-bond acceptors (Lipinski definition) is 7. The summed E-state index contributed by atoms with van der Waals surface area (Å²) in [6.07, 6.45) is 0.514. The number of aromatic nitrogens is 1. The number of pyridine rings is 1. The number of carbonyl (C=O) groups excluding carboxylic acids is 2. The molecule has 1 amide bonds. The average Bonchev–Trinajstić information content (AvgIpc) is 2.98. The number of hydrogen-bond donors (Lipinski definition) is 0. The van der Waals surface area contributed by atoms with Crippen LogP contribution < -0.4 is 0 Å². The van der Waals surface area contributed by atoms with Crippen molar-refractivity contribution in [1.29, 1.82) is 0 Å². The molecule has 0 radical (unpaired) electrons. The molecular weight excluding hydrogens is 528 g/mol. The fourth-order valence-corrected chi connectivity index (χ4v) is 5.61. The van der Waals surface area contributed by atoms with Crippen LogP contribution in [0.2, 0.25) is 0 Å². The molecule has 0 aliphatic heterocycles. The number of carbonyl (C=O) groups is 2. The number of fused-ring (bicyclic) bond motifs is 2. The third-order valence-electron chi connectivity index (χ3n) is 6.43. The Bertz CT molecular complexity index is 1730. The van der Waals surface area contributed by atoms with Crippen LogP contribution >= 0.6 is 0 Å². The van der Waals surface area contributed by atoms with Crippen LogP contribution in [0, 0.1) is 0 Å². The van der Waals surface area contributed by atoms with E-state index in [0.717, 1.165) is 18.2 Å². The number of amides is 1. The van der Waals surface area contributed by atoms with Gasteiger partial charge in [-0.1, -0.05) is 78.9 Å². The number of ether oxygens (including phenoxy) is 1. The molecule has 0 fully saturated rings. The summed E-state index contributed by atoms with van der Waals surface area (Å²) >= 11 is 0. The Labute approximate surface area is 231 Å². The van der Waals surface area contributed by atoms with Crippen molar-refractivity contribution in [2.24, 2.45) is 0 Å². The lowest BCUT2D eigenvalue weighted by atomic mass is 10.0. The Morgan fingerprint density at radius 3 is 1.93 bits per heavy atom. The average molecular weight is 555 g/mol. The number of hydroxylamine groups is 1. The SMILES string of the molecule is CON(C(=O)c1c2ccccc2nc2ccccc12)S(=O)(=O)c1ccc(CCC(=O)OCc2ccccc2)cc1. The molecule has 0 saturated heterocycles. The first-order valence-electron chi connectivity index (χ1n) is 12.6. The number of benzene rings is 4. The second-order valence-electron chi connectivity index (χ2n) is 9.03. The predicted molar refractivity (Wildman–Crippen MR) is 151 cm³/mol. The number of nitrogens with zero attached hydrogens (tertiary/aromatic N) is 2. The third-order valence-corrected chi connectivity index (χ3v) is 8.05. The standard InChI is InChI=1S/C31H26N2O6S/c1-38-33(31(35)30-25-11-5-7-13-27(25)32-28-14-8-6-12-26(28)30)40(36,37)24-18-15-22(16-19-24)17-20-29(34)39-21-23-9-3-2-4-10-23/h2-16,18-19H,17,20-21H2,1H3. The zero-order chi connectivity index (χ0) is 28.1. The van der Waals surface area contributed by atoms with Crippen LogP contribution in [0.1, 0.15) is 27.9 Å². The highest BCUT2D eigenvalue weighted by Gasteiger charge is 2.33. The predicted octanol–water partition coefficient (Wildman–Crippen LogP) is 5.46. The molecule has 8 nitrogen and oxygen atoms in total. The largest absolute Gasteiger partial charge is 0.461 e. The van der Waals surface area contributed by atoms with Crippen molar-refractivity contribution in [3.8, 4) is 0 Å². The summed E-state index contributed by atoms with van der Waals surface area (Å²) in [5.74, 6) is -1.18. The molecular formula is C31H26N2O6S. The summed E-state index contributed by atoms with van der Waals surface area (Å²) < 4.78 is 32.8. The van der Waals surface area contributed by atoms with Gasteiger partial charge >= 0.3 is 5.97 Å². The van der Waals surface area contributed by atoms with E-state index in [9.17, 15) is 18.0 Å². The van der Waals surface area contributed by atoms with Gasteiger partial charge in [0.1, 0.15) is 6.61 Å². The molecule has 0 spiro atoms. The Kier molecular flexibility index (Phi) is 7.86. The number of sulfonamides is 1. The van der Waals surface area contributed by atoms with Gasteiger partial charge in [-0.3, -0.25) is 14.4 Å². The summed E-state index contributed by atoms with van der Waals surface area (Å²) in [5, 5.41) is 1.02. The number of aryl methyl sites for hydroxylation is 1. The zero-order valence-electron chi connectivity index (χ0n) is 21.7. The van der Waals surface area contributed by atoms with E-state index in [-0.39, 0.29) is 29.5 Å². The quantitative estimate of drug-likeness (QED) is 0.135. The smallest absolute Gasteiger partial charge is 0.306 e. The minimum absolute atomic E-state index is 0.124. The maximum absolute atomic E-state index is 13.8. The lowest BCUT2D eigenvalue weighted by Crippen LogP contribution is -2.36. The van der Waals surface area contributed by atoms with Crippen LogP contribution in [0.25, 0.3) is 21.8 Å². The van der Waals surface area contributed by atoms with Gasteiger partial charge in [0.05, 0.1) is 28.6 Å². The molecule has 0 bridgehead atoms.